The zero-order valence-electron chi connectivity index (χ0n) is 11.6. The minimum atomic E-state index is 0.374. The van der Waals surface area contributed by atoms with Gasteiger partial charge in [-0.1, -0.05) is 13.8 Å². The Hall–Kier alpha value is -0.930. The average molecular weight is 235 g/mol. The lowest BCUT2D eigenvalue weighted by molar-refractivity contribution is 0.220. The van der Waals surface area contributed by atoms with Gasteiger partial charge in [0.25, 0.3) is 0 Å². The molecular weight excluding hydrogens is 210 g/mol. The predicted molar refractivity (Wildman–Crippen MR) is 73.0 cm³/mol. The van der Waals surface area contributed by atoms with Gasteiger partial charge in [-0.15, -0.1) is 0 Å². The van der Waals surface area contributed by atoms with E-state index in [1.807, 2.05) is 12.4 Å². The van der Waals surface area contributed by atoms with Crippen LogP contribution in [-0.2, 0) is 0 Å². The topological polar surface area (TPSA) is 28.2 Å². The molecule has 3 heteroatoms. The average Bonchev–Trinajstić information content (AvgIpc) is 2.29. The molecule has 3 nitrogen and oxygen atoms in total. The number of aromatic nitrogens is 1. The van der Waals surface area contributed by atoms with Crippen molar-refractivity contribution in [3.05, 3.63) is 30.1 Å². The number of nitrogens with one attached hydrogen (secondary N) is 1. The molecule has 0 aliphatic heterocycles. The Labute approximate surface area is 105 Å². The molecule has 1 heterocycles. The van der Waals surface area contributed by atoms with E-state index in [-0.39, 0.29) is 0 Å². The molecule has 1 aromatic heterocycles. The molecule has 0 aliphatic carbocycles. The molecule has 0 saturated carbocycles. The molecule has 0 aromatic carbocycles. The number of pyridine rings is 1. The van der Waals surface area contributed by atoms with Gasteiger partial charge in [-0.2, -0.15) is 0 Å². The molecule has 1 rings (SSSR count). The first-order chi connectivity index (χ1) is 8.02. The van der Waals surface area contributed by atoms with E-state index in [0.29, 0.717) is 18.0 Å². The Bertz CT molecular complexity index is 301. The summed E-state index contributed by atoms with van der Waals surface area (Å²) in [5, 5.41) is 3.59. The molecule has 2 unspecified atom stereocenters. The van der Waals surface area contributed by atoms with E-state index >= 15 is 0 Å². The van der Waals surface area contributed by atoms with E-state index in [4.69, 9.17) is 0 Å². The molecule has 2 atom stereocenters. The molecule has 0 spiro atoms. The van der Waals surface area contributed by atoms with Crippen molar-refractivity contribution in [2.45, 2.75) is 32.9 Å². The molecule has 17 heavy (non-hydrogen) atoms. The van der Waals surface area contributed by atoms with Crippen molar-refractivity contribution in [3.63, 3.8) is 0 Å². The molecule has 0 fully saturated rings. The van der Waals surface area contributed by atoms with Gasteiger partial charge in [-0.25, -0.2) is 0 Å². The van der Waals surface area contributed by atoms with Crippen LogP contribution in [0.4, 0.5) is 0 Å². The van der Waals surface area contributed by atoms with Gasteiger partial charge < -0.3 is 10.2 Å². The molecule has 96 valence electrons. The van der Waals surface area contributed by atoms with Crippen molar-refractivity contribution in [2.24, 2.45) is 5.92 Å². The van der Waals surface area contributed by atoms with Crippen LogP contribution in [0.5, 0.6) is 0 Å². The maximum atomic E-state index is 4.04. The highest BCUT2D eigenvalue weighted by Crippen LogP contribution is 2.12. The fourth-order valence-corrected chi connectivity index (χ4v) is 2.08. The summed E-state index contributed by atoms with van der Waals surface area (Å²) in [6.07, 6.45) is 3.69. The summed E-state index contributed by atoms with van der Waals surface area (Å²) in [6.45, 7) is 7.74. The van der Waals surface area contributed by atoms with Crippen molar-refractivity contribution in [2.75, 3.05) is 20.6 Å². The quantitative estimate of drug-likeness (QED) is 0.820. The highest BCUT2D eigenvalue weighted by Gasteiger charge is 2.16. The standard InChI is InChI=1S/C14H25N3/c1-11(2)14(17(4)5)10-16-12(3)13-6-8-15-9-7-13/h6-9,11-12,14,16H,10H2,1-5H3. The second-order valence-corrected chi connectivity index (χ2v) is 5.19. The van der Waals surface area contributed by atoms with Crippen molar-refractivity contribution in [1.82, 2.24) is 15.2 Å². The third kappa shape index (κ3) is 4.44. The number of hydrogen-bond donors (Lipinski definition) is 1. The first-order valence-corrected chi connectivity index (χ1v) is 6.32. The maximum absolute atomic E-state index is 4.04. The van der Waals surface area contributed by atoms with Gasteiger partial charge in [-0.3, -0.25) is 4.98 Å². The maximum Gasteiger partial charge on any atom is 0.0293 e. The van der Waals surface area contributed by atoms with Crippen LogP contribution in [0.2, 0.25) is 0 Å². The minimum Gasteiger partial charge on any atom is -0.309 e. The molecule has 0 radical (unpaired) electrons. The Morgan fingerprint density at radius 2 is 1.76 bits per heavy atom. The summed E-state index contributed by atoms with van der Waals surface area (Å²) < 4.78 is 0. The van der Waals surface area contributed by atoms with E-state index in [1.54, 1.807) is 0 Å². The van der Waals surface area contributed by atoms with Crippen LogP contribution in [0.15, 0.2) is 24.5 Å². The fraction of sp³-hybridized carbons (Fsp3) is 0.643. The normalized spacial score (nSPS) is 15.2. The van der Waals surface area contributed by atoms with Crippen LogP contribution in [0.1, 0.15) is 32.4 Å². The highest BCUT2D eigenvalue weighted by atomic mass is 15.1. The third-order valence-electron chi connectivity index (χ3n) is 3.27. The minimum absolute atomic E-state index is 0.374. The summed E-state index contributed by atoms with van der Waals surface area (Å²) in [7, 11) is 4.28. The van der Waals surface area contributed by atoms with E-state index in [0.717, 1.165) is 6.54 Å². The monoisotopic (exact) mass is 235 g/mol. The zero-order valence-corrected chi connectivity index (χ0v) is 11.6. The van der Waals surface area contributed by atoms with Crippen LogP contribution in [0, 0.1) is 5.92 Å². The Balaban J connectivity index is 2.50. The van der Waals surface area contributed by atoms with E-state index in [9.17, 15) is 0 Å². The first kappa shape index (κ1) is 14.1. The van der Waals surface area contributed by atoms with E-state index in [2.05, 4.69) is 62.2 Å². The summed E-state index contributed by atoms with van der Waals surface area (Å²) in [5.74, 6) is 0.655. The summed E-state index contributed by atoms with van der Waals surface area (Å²) >= 11 is 0. The van der Waals surface area contributed by atoms with Crippen LogP contribution in [0.3, 0.4) is 0 Å². The van der Waals surface area contributed by atoms with Crippen LogP contribution in [0.25, 0.3) is 0 Å². The molecular formula is C14H25N3. The van der Waals surface area contributed by atoms with Crippen molar-refractivity contribution in [1.29, 1.82) is 0 Å². The molecule has 1 aromatic rings. The number of rotatable bonds is 6. The SMILES string of the molecule is CC(NCC(C(C)C)N(C)C)c1ccncc1. The van der Waals surface area contributed by atoms with Gasteiger partial charge in [-0.05, 0) is 44.6 Å². The summed E-state index contributed by atoms with van der Waals surface area (Å²) in [6, 6.07) is 5.08. The van der Waals surface area contributed by atoms with Crippen LogP contribution < -0.4 is 5.32 Å². The second-order valence-electron chi connectivity index (χ2n) is 5.19. The number of nitrogens with zero attached hydrogens (tertiary/aromatic N) is 2. The van der Waals surface area contributed by atoms with Gasteiger partial charge in [0.1, 0.15) is 0 Å². The molecule has 0 saturated heterocycles. The van der Waals surface area contributed by atoms with Crippen molar-refractivity contribution >= 4 is 0 Å². The molecule has 0 aliphatic rings. The Kier molecular flexibility index (Phi) is 5.59. The number of likely N-dealkylation sites (N-methyl/N-ethyl adjacent to an activating group) is 1. The van der Waals surface area contributed by atoms with Gasteiger partial charge >= 0.3 is 0 Å². The van der Waals surface area contributed by atoms with Gasteiger partial charge in [0.05, 0.1) is 0 Å². The first-order valence-electron chi connectivity index (χ1n) is 6.32. The highest BCUT2D eigenvalue weighted by molar-refractivity contribution is 5.13. The second kappa shape index (κ2) is 6.72. The van der Waals surface area contributed by atoms with E-state index < -0.39 is 0 Å². The van der Waals surface area contributed by atoms with Gasteiger partial charge in [0.15, 0.2) is 0 Å². The predicted octanol–water partition coefficient (Wildman–Crippen LogP) is 2.32. The van der Waals surface area contributed by atoms with Crippen LogP contribution >= 0.6 is 0 Å². The zero-order chi connectivity index (χ0) is 12.8. The van der Waals surface area contributed by atoms with Crippen molar-refractivity contribution < 1.29 is 0 Å². The third-order valence-corrected chi connectivity index (χ3v) is 3.27. The number of hydrogen-bond acceptors (Lipinski definition) is 3. The molecule has 0 bridgehead atoms. The van der Waals surface area contributed by atoms with Gasteiger partial charge in [0.2, 0.25) is 0 Å². The molecule has 1 N–H and O–H groups in total. The molecule has 0 amide bonds. The lowest BCUT2D eigenvalue weighted by atomic mass is 10.0. The smallest absolute Gasteiger partial charge is 0.0293 e. The van der Waals surface area contributed by atoms with Crippen molar-refractivity contribution in [3.8, 4) is 0 Å². The fourth-order valence-electron chi connectivity index (χ4n) is 2.08. The van der Waals surface area contributed by atoms with Crippen LogP contribution in [-0.4, -0.2) is 36.6 Å². The Morgan fingerprint density at radius 1 is 1.18 bits per heavy atom. The summed E-state index contributed by atoms with van der Waals surface area (Å²) in [4.78, 5) is 6.33. The summed E-state index contributed by atoms with van der Waals surface area (Å²) in [5.41, 5.74) is 1.29. The Morgan fingerprint density at radius 3 is 2.24 bits per heavy atom. The van der Waals surface area contributed by atoms with Gasteiger partial charge in [0, 0.05) is 31.0 Å². The lowest BCUT2D eigenvalue weighted by Crippen LogP contribution is -2.42. The lowest BCUT2D eigenvalue weighted by Gasteiger charge is -2.29. The van der Waals surface area contributed by atoms with E-state index in [1.165, 1.54) is 5.56 Å². The largest absolute Gasteiger partial charge is 0.309 e.